The summed E-state index contributed by atoms with van der Waals surface area (Å²) >= 11 is 0. The number of fused-ring (bicyclic) bond motifs is 1. The van der Waals surface area contributed by atoms with Crippen molar-refractivity contribution < 1.29 is 9.53 Å². The van der Waals surface area contributed by atoms with Crippen LogP contribution in [0.5, 0.6) is 5.75 Å². The number of pyridine rings is 2. The van der Waals surface area contributed by atoms with Crippen LogP contribution < -0.4 is 15.8 Å². The number of aromatic nitrogens is 4. The molecule has 1 fully saturated rings. The van der Waals surface area contributed by atoms with Crippen molar-refractivity contribution in [2.24, 2.45) is 0 Å². The Bertz CT molecular complexity index is 1250. The van der Waals surface area contributed by atoms with Crippen molar-refractivity contribution in [2.45, 2.75) is 24.8 Å². The minimum absolute atomic E-state index is 0.0692. The van der Waals surface area contributed by atoms with Gasteiger partial charge in [-0.05, 0) is 48.7 Å². The number of nitrogen functional groups attached to an aromatic ring is 1. The summed E-state index contributed by atoms with van der Waals surface area (Å²) < 4.78 is 7.24. The largest absolute Gasteiger partial charge is 0.493 e. The number of nitrogens with zero attached hydrogens (tertiary/aromatic N) is 4. The van der Waals surface area contributed by atoms with Crippen LogP contribution in [0.1, 0.15) is 24.2 Å². The predicted molar refractivity (Wildman–Crippen MR) is 116 cm³/mol. The van der Waals surface area contributed by atoms with Crippen molar-refractivity contribution in [3.05, 3.63) is 72.3 Å². The molecule has 3 aromatic heterocycles. The van der Waals surface area contributed by atoms with E-state index < -0.39 is 5.41 Å². The Morgan fingerprint density at radius 1 is 1.19 bits per heavy atom. The van der Waals surface area contributed by atoms with E-state index in [1.807, 2.05) is 48.5 Å². The summed E-state index contributed by atoms with van der Waals surface area (Å²) in [5.74, 6) is 1.04. The molecule has 156 valence electrons. The second-order valence-electron chi connectivity index (χ2n) is 7.71. The number of hydrogen-bond donors (Lipinski definition) is 2. The highest BCUT2D eigenvalue weighted by Gasteiger charge is 2.54. The third-order valence-corrected chi connectivity index (χ3v) is 5.66. The molecule has 1 amide bonds. The van der Waals surface area contributed by atoms with E-state index in [0.717, 1.165) is 16.8 Å². The van der Waals surface area contributed by atoms with Crippen LogP contribution in [0.4, 0.5) is 5.69 Å². The van der Waals surface area contributed by atoms with Crippen LogP contribution in [0, 0.1) is 0 Å². The Morgan fingerprint density at radius 3 is 2.68 bits per heavy atom. The molecule has 0 radical (unpaired) electrons. The van der Waals surface area contributed by atoms with Crippen LogP contribution in [0.15, 0.2) is 60.9 Å². The third kappa shape index (κ3) is 3.35. The van der Waals surface area contributed by atoms with Gasteiger partial charge in [-0.1, -0.05) is 18.2 Å². The first-order valence-corrected chi connectivity index (χ1v) is 10.1. The minimum atomic E-state index is -0.711. The molecule has 0 aliphatic heterocycles. The smallest absolute Gasteiger partial charge is 0.234 e. The van der Waals surface area contributed by atoms with Crippen LogP contribution in [0.3, 0.4) is 0 Å². The van der Waals surface area contributed by atoms with Gasteiger partial charge in [0.15, 0.2) is 17.2 Å². The Balaban J connectivity index is 1.50. The van der Waals surface area contributed by atoms with Crippen LogP contribution in [0.25, 0.3) is 16.9 Å². The first kappa shape index (κ1) is 19.0. The van der Waals surface area contributed by atoms with Gasteiger partial charge in [0.2, 0.25) is 5.91 Å². The van der Waals surface area contributed by atoms with Gasteiger partial charge in [-0.3, -0.25) is 9.78 Å². The number of amides is 1. The SMILES string of the molecule is COc1ccc(-c2ccc(N)cc2)n2nc(C3(C(=O)NCc4cccnc4)CC3)nc12. The molecule has 8 heteroatoms. The van der Waals surface area contributed by atoms with Gasteiger partial charge in [-0.15, -0.1) is 5.10 Å². The Kier molecular flexibility index (Phi) is 4.54. The van der Waals surface area contributed by atoms with Crippen molar-refractivity contribution in [3.8, 4) is 17.0 Å². The number of nitrogens with two attached hydrogens (primary N) is 1. The second-order valence-corrected chi connectivity index (χ2v) is 7.71. The fraction of sp³-hybridized carbons (Fsp3) is 0.217. The molecule has 0 unspecified atom stereocenters. The van der Waals surface area contributed by atoms with E-state index in [-0.39, 0.29) is 5.91 Å². The molecule has 4 aromatic rings. The number of methoxy groups -OCH3 is 1. The predicted octanol–water partition coefficient (Wildman–Crippen LogP) is 2.73. The molecule has 1 aromatic carbocycles. The van der Waals surface area contributed by atoms with Crippen molar-refractivity contribution in [2.75, 3.05) is 12.8 Å². The Labute approximate surface area is 179 Å². The molecule has 1 aliphatic carbocycles. The molecule has 0 saturated heterocycles. The summed E-state index contributed by atoms with van der Waals surface area (Å²) in [4.78, 5) is 21.9. The van der Waals surface area contributed by atoms with E-state index in [1.165, 1.54) is 0 Å². The summed E-state index contributed by atoms with van der Waals surface area (Å²) in [7, 11) is 1.60. The zero-order valence-electron chi connectivity index (χ0n) is 17.1. The maximum atomic E-state index is 13.1. The summed E-state index contributed by atoms with van der Waals surface area (Å²) in [5, 5.41) is 7.76. The van der Waals surface area contributed by atoms with Crippen molar-refractivity contribution in [1.82, 2.24) is 24.9 Å². The highest BCUT2D eigenvalue weighted by atomic mass is 16.5. The Morgan fingerprint density at radius 2 is 2.00 bits per heavy atom. The number of nitrogens with one attached hydrogen (secondary N) is 1. The number of carbonyl (C=O) groups excluding carboxylic acids is 1. The van der Waals surface area contributed by atoms with Crippen molar-refractivity contribution in [3.63, 3.8) is 0 Å². The molecular weight excluding hydrogens is 392 g/mol. The van der Waals surface area contributed by atoms with Gasteiger partial charge in [0.25, 0.3) is 0 Å². The molecule has 0 spiro atoms. The van der Waals surface area contributed by atoms with E-state index >= 15 is 0 Å². The number of anilines is 1. The zero-order valence-corrected chi connectivity index (χ0v) is 17.1. The fourth-order valence-corrected chi connectivity index (χ4v) is 3.71. The van der Waals surface area contributed by atoms with E-state index in [4.69, 9.17) is 20.6 Å². The van der Waals surface area contributed by atoms with E-state index in [2.05, 4.69) is 10.3 Å². The van der Waals surface area contributed by atoms with Crippen LogP contribution in [-0.2, 0) is 16.8 Å². The summed E-state index contributed by atoms with van der Waals surface area (Å²) in [5.41, 5.74) is 9.14. The van der Waals surface area contributed by atoms with Crippen molar-refractivity contribution >= 4 is 17.2 Å². The van der Waals surface area contributed by atoms with Gasteiger partial charge in [-0.2, -0.15) is 0 Å². The lowest BCUT2D eigenvalue weighted by Crippen LogP contribution is -2.35. The van der Waals surface area contributed by atoms with E-state index in [0.29, 0.717) is 42.3 Å². The van der Waals surface area contributed by atoms with Gasteiger partial charge >= 0.3 is 0 Å². The van der Waals surface area contributed by atoms with Gasteiger partial charge in [-0.25, -0.2) is 9.50 Å². The van der Waals surface area contributed by atoms with Gasteiger partial charge < -0.3 is 15.8 Å². The van der Waals surface area contributed by atoms with Crippen LogP contribution in [-0.4, -0.2) is 32.6 Å². The van der Waals surface area contributed by atoms with Crippen LogP contribution in [0.2, 0.25) is 0 Å². The number of hydrogen-bond acceptors (Lipinski definition) is 6. The molecule has 1 saturated carbocycles. The molecule has 5 rings (SSSR count). The van der Waals surface area contributed by atoms with Gasteiger partial charge in [0, 0.05) is 30.2 Å². The van der Waals surface area contributed by atoms with Crippen molar-refractivity contribution in [1.29, 1.82) is 0 Å². The highest BCUT2D eigenvalue weighted by molar-refractivity contribution is 5.90. The average molecular weight is 414 g/mol. The summed E-state index contributed by atoms with van der Waals surface area (Å²) in [6, 6.07) is 15.1. The highest BCUT2D eigenvalue weighted by Crippen LogP contribution is 2.47. The molecule has 31 heavy (non-hydrogen) atoms. The standard InChI is InChI=1S/C23H22N6O2/c1-31-19-9-8-18(16-4-6-17(24)7-5-16)29-20(19)27-21(28-29)23(10-11-23)22(30)26-14-15-3-2-12-25-13-15/h2-9,12-13H,10-11,14,24H2,1H3,(H,26,30). The monoisotopic (exact) mass is 414 g/mol. The minimum Gasteiger partial charge on any atom is -0.493 e. The zero-order chi connectivity index (χ0) is 21.4. The lowest BCUT2D eigenvalue weighted by Gasteiger charge is -2.11. The average Bonchev–Trinajstić information content (AvgIpc) is 3.50. The molecule has 0 bridgehead atoms. The fourth-order valence-electron chi connectivity index (χ4n) is 3.71. The summed E-state index contributed by atoms with van der Waals surface area (Å²) in [6.45, 7) is 0.418. The molecule has 3 heterocycles. The van der Waals surface area contributed by atoms with E-state index in [9.17, 15) is 4.79 Å². The summed E-state index contributed by atoms with van der Waals surface area (Å²) in [6.07, 6.45) is 4.87. The third-order valence-electron chi connectivity index (χ3n) is 5.66. The number of carbonyl (C=O) groups is 1. The van der Waals surface area contributed by atoms with Crippen LogP contribution >= 0.6 is 0 Å². The number of ether oxygens (including phenoxy) is 1. The molecule has 8 nitrogen and oxygen atoms in total. The van der Waals surface area contributed by atoms with Gasteiger partial charge in [0.1, 0.15) is 5.41 Å². The first-order chi connectivity index (χ1) is 15.1. The first-order valence-electron chi connectivity index (χ1n) is 10.1. The Hall–Kier alpha value is -3.94. The lowest BCUT2D eigenvalue weighted by atomic mass is 10.1. The molecular formula is C23H22N6O2. The number of rotatable bonds is 6. The quantitative estimate of drug-likeness (QED) is 0.470. The second kappa shape index (κ2) is 7.39. The molecule has 0 atom stereocenters. The van der Waals surface area contributed by atoms with Gasteiger partial charge in [0.05, 0.1) is 12.8 Å². The maximum Gasteiger partial charge on any atom is 0.234 e. The topological polar surface area (TPSA) is 107 Å². The normalized spacial score (nSPS) is 14.4. The van der Waals surface area contributed by atoms with E-state index in [1.54, 1.807) is 24.0 Å². The lowest BCUT2D eigenvalue weighted by molar-refractivity contribution is -0.123. The molecule has 1 aliphatic rings. The molecule has 3 N–H and O–H groups in total. The number of benzene rings is 1. The maximum absolute atomic E-state index is 13.1.